The number of unbranched alkanes of at least 4 members (excludes halogenated alkanes) is 5. The Morgan fingerprint density at radius 3 is 1.25 bits per heavy atom. The van der Waals surface area contributed by atoms with Gasteiger partial charge in [-0.3, -0.25) is 9.59 Å². The molecule has 0 aliphatic carbocycles. The van der Waals surface area contributed by atoms with Crippen LogP contribution >= 0.6 is 0 Å². The van der Waals surface area contributed by atoms with Gasteiger partial charge in [-0.2, -0.15) is 17.6 Å². The van der Waals surface area contributed by atoms with Crippen LogP contribution in [0.1, 0.15) is 51.4 Å². The van der Waals surface area contributed by atoms with Gasteiger partial charge in [0.1, 0.15) is 0 Å². The molecule has 0 aromatic carbocycles. The third-order valence-corrected chi connectivity index (χ3v) is 2.45. The molecule has 0 rings (SSSR count). The van der Waals surface area contributed by atoms with E-state index in [-0.39, 0.29) is 12.8 Å². The zero-order valence-corrected chi connectivity index (χ0v) is 11.0. The molecule has 0 spiro atoms. The summed E-state index contributed by atoms with van der Waals surface area (Å²) in [6.45, 7) is -6.15. The first kappa shape index (κ1) is 18.7. The molecule has 20 heavy (non-hydrogen) atoms. The number of carbonyl (C=O) groups is 2. The van der Waals surface area contributed by atoms with Gasteiger partial charge in [0.2, 0.25) is 0 Å². The molecule has 0 saturated carbocycles. The molecule has 0 aromatic rings. The van der Waals surface area contributed by atoms with Gasteiger partial charge in [0.05, 0.1) is 0 Å². The van der Waals surface area contributed by atoms with Crippen LogP contribution in [-0.2, 0) is 19.1 Å². The highest BCUT2D eigenvalue weighted by Crippen LogP contribution is 2.10. The molecule has 0 N–H and O–H groups in total. The van der Waals surface area contributed by atoms with Crippen LogP contribution in [0.2, 0.25) is 0 Å². The second-order valence-corrected chi connectivity index (χ2v) is 4.12. The van der Waals surface area contributed by atoms with Gasteiger partial charge < -0.3 is 9.47 Å². The van der Waals surface area contributed by atoms with E-state index in [0.29, 0.717) is 25.7 Å². The third-order valence-electron chi connectivity index (χ3n) is 2.45. The number of carbonyl (C=O) groups excluding carboxylic acids is 2. The maximum Gasteiger partial charge on any atom is 0.389 e. The average Bonchev–Trinajstić information content (AvgIpc) is 2.30. The van der Waals surface area contributed by atoms with Gasteiger partial charge in [-0.1, -0.05) is 25.7 Å². The van der Waals surface area contributed by atoms with Crippen LogP contribution in [0.25, 0.3) is 0 Å². The maximum atomic E-state index is 11.6. The Hall–Kier alpha value is -1.34. The molecule has 4 nitrogen and oxygen atoms in total. The van der Waals surface area contributed by atoms with Gasteiger partial charge in [0.15, 0.2) is 0 Å². The largest absolute Gasteiger partial charge is 0.403 e. The van der Waals surface area contributed by atoms with E-state index in [2.05, 4.69) is 9.47 Å². The first-order valence-corrected chi connectivity index (χ1v) is 6.37. The molecule has 0 heterocycles. The molecule has 0 aromatic heterocycles. The SMILES string of the molecule is O=C(CCCCCCCCC(=O)OC(F)F)OC(F)F. The number of halogens is 4. The van der Waals surface area contributed by atoms with Crippen molar-refractivity contribution in [1.29, 1.82) is 0 Å². The topological polar surface area (TPSA) is 52.6 Å². The van der Waals surface area contributed by atoms with Gasteiger partial charge in [0, 0.05) is 12.8 Å². The van der Waals surface area contributed by atoms with Crippen molar-refractivity contribution in [2.24, 2.45) is 0 Å². The number of hydrogen-bond acceptors (Lipinski definition) is 4. The number of alkyl halides is 4. The van der Waals surface area contributed by atoms with Crippen LogP contribution < -0.4 is 0 Å². The Labute approximate surface area is 114 Å². The van der Waals surface area contributed by atoms with Gasteiger partial charge in [-0.15, -0.1) is 0 Å². The lowest BCUT2D eigenvalue weighted by atomic mass is 10.1. The van der Waals surface area contributed by atoms with E-state index in [1.807, 2.05) is 0 Å². The zero-order valence-electron chi connectivity index (χ0n) is 11.0. The van der Waals surface area contributed by atoms with Crippen LogP contribution in [0.4, 0.5) is 17.6 Å². The number of hydrogen-bond donors (Lipinski definition) is 0. The molecular formula is C12H18F4O4. The number of esters is 2. The average molecular weight is 302 g/mol. The van der Waals surface area contributed by atoms with E-state index >= 15 is 0 Å². The van der Waals surface area contributed by atoms with Crippen molar-refractivity contribution in [1.82, 2.24) is 0 Å². The monoisotopic (exact) mass is 302 g/mol. The summed E-state index contributed by atoms with van der Waals surface area (Å²) in [5.41, 5.74) is 0. The standard InChI is InChI=1S/C12H18F4O4/c13-11(14)19-9(17)7-5-3-1-2-4-6-8-10(18)20-12(15)16/h11-12H,1-8H2. The second kappa shape index (κ2) is 11.5. The van der Waals surface area contributed by atoms with E-state index in [4.69, 9.17) is 0 Å². The lowest BCUT2D eigenvalue weighted by Gasteiger charge is -2.04. The Morgan fingerprint density at radius 1 is 0.650 bits per heavy atom. The fraction of sp³-hybridized carbons (Fsp3) is 0.833. The molecule has 0 radical (unpaired) electrons. The molecule has 0 atom stereocenters. The maximum absolute atomic E-state index is 11.6. The van der Waals surface area contributed by atoms with Crippen molar-refractivity contribution in [3.05, 3.63) is 0 Å². The van der Waals surface area contributed by atoms with Crippen molar-refractivity contribution in [2.75, 3.05) is 0 Å². The number of ether oxygens (including phenoxy) is 2. The van der Waals surface area contributed by atoms with Crippen molar-refractivity contribution < 1.29 is 36.6 Å². The third kappa shape index (κ3) is 13.1. The van der Waals surface area contributed by atoms with Crippen molar-refractivity contribution in [2.45, 2.75) is 64.6 Å². The summed E-state index contributed by atoms with van der Waals surface area (Å²) in [7, 11) is 0. The summed E-state index contributed by atoms with van der Waals surface area (Å²) in [5.74, 6) is -1.84. The zero-order chi connectivity index (χ0) is 15.4. The summed E-state index contributed by atoms with van der Waals surface area (Å²) >= 11 is 0. The predicted molar refractivity (Wildman–Crippen MR) is 61.1 cm³/mol. The molecule has 0 aliphatic heterocycles. The second-order valence-electron chi connectivity index (χ2n) is 4.12. The highest BCUT2D eigenvalue weighted by Gasteiger charge is 2.10. The Kier molecular flexibility index (Phi) is 10.7. The van der Waals surface area contributed by atoms with E-state index in [9.17, 15) is 27.2 Å². The minimum absolute atomic E-state index is 0.0505. The quantitative estimate of drug-likeness (QED) is 0.332. The molecule has 0 aliphatic rings. The molecule has 0 unspecified atom stereocenters. The Morgan fingerprint density at radius 2 is 0.950 bits per heavy atom. The molecule has 0 saturated heterocycles. The molecule has 118 valence electrons. The summed E-state index contributed by atoms with van der Waals surface area (Å²) in [5, 5.41) is 0. The van der Waals surface area contributed by atoms with Gasteiger partial charge >= 0.3 is 25.2 Å². The van der Waals surface area contributed by atoms with E-state index in [1.165, 1.54) is 0 Å². The fourth-order valence-electron chi connectivity index (χ4n) is 1.56. The normalized spacial score (nSPS) is 10.9. The molecule has 0 amide bonds. The van der Waals surface area contributed by atoms with Gasteiger partial charge in [-0.25, -0.2) is 0 Å². The smallest absolute Gasteiger partial charge is 0.389 e. The number of rotatable bonds is 11. The van der Waals surface area contributed by atoms with Crippen LogP contribution in [-0.4, -0.2) is 25.2 Å². The summed E-state index contributed by atoms with van der Waals surface area (Å²) in [6, 6.07) is 0. The molecule has 0 bridgehead atoms. The van der Waals surface area contributed by atoms with E-state index in [0.717, 1.165) is 12.8 Å². The summed E-state index contributed by atoms with van der Waals surface area (Å²) in [6.07, 6.45) is 3.71. The molecular weight excluding hydrogens is 284 g/mol. The Bertz CT molecular complexity index is 257. The van der Waals surface area contributed by atoms with Crippen molar-refractivity contribution in [3.63, 3.8) is 0 Å². The minimum Gasteiger partial charge on any atom is -0.403 e. The first-order chi connectivity index (χ1) is 9.41. The van der Waals surface area contributed by atoms with Crippen molar-refractivity contribution >= 4 is 11.9 Å². The highest BCUT2D eigenvalue weighted by molar-refractivity contribution is 5.69. The predicted octanol–water partition coefficient (Wildman–Crippen LogP) is 3.64. The first-order valence-electron chi connectivity index (χ1n) is 6.37. The highest BCUT2D eigenvalue weighted by atomic mass is 19.3. The van der Waals surface area contributed by atoms with Crippen LogP contribution in [0.15, 0.2) is 0 Å². The summed E-state index contributed by atoms with van der Waals surface area (Å²) in [4.78, 5) is 21.5. The van der Waals surface area contributed by atoms with Crippen molar-refractivity contribution in [3.8, 4) is 0 Å². The summed E-state index contributed by atoms with van der Waals surface area (Å²) < 4.78 is 53.8. The minimum atomic E-state index is -3.07. The molecule has 0 fully saturated rings. The van der Waals surface area contributed by atoms with Crippen LogP contribution in [0, 0.1) is 0 Å². The lowest BCUT2D eigenvalue weighted by molar-refractivity contribution is -0.177. The van der Waals surface area contributed by atoms with E-state index < -0.39 is 25.2 Å². The molecule has 8 heteroatoms. The van der Waals surface area contributed by atoms with Gasteiger partial charge in [0.25, 0.3) is 0 Å². The Balaban J connectivity index is 3.29. The van der Waals surface area contributed by atoms with E-state index in [1.54, 1.807) is 0 Å². The van der Waals surface area contributed by atoms with Crippen LogP contribution in [0.5, 0.6) is 0 Å². The van der Waals surface area contributed by atoms with Gasteiger partial charge in [-0.05, 0) is 12.8 Å². The fourth-order valence-corrected chi connectivity index (χ4v) is 1.56. The lowest BCUT2D eigenvalue weighted by Crippen LogP contribution is -2.08. The van der Waals surface area contributed by atoms with Crippen LogP contribution in [0.3, 0.4) is 0 Å².